The van der Waals surface area contributed by atoms with Crippen LogP contribution in [0.3, 0.4) is 0 Å². The summed E-state index contributed by atoms with van der Waals surface area (Å²) < 4.78 is 39.6. The SMILES string of the molecule is CC(C)(C)c1cc(F)cc(C(F)(F)CO)c1. The van der Waals surface area contributed by atoms with Crippen molar-refractivity contribution in [2.45, 2.75) is 32.1 Å². The summed E-state index contributed by atoms with van der Waals surface area (Å²) in [7, 11) is 0. The lowest BCUT2D eigenvalue weighted by Crippen LogP contribution is -2.21. The van der Waals surface area contributed by atoms with E-state index in [0.29, 0.717) is 5.56 Å². The van der Waals surface area contributed by atoms with Gasteiger partial charge in [-0.3, -0.25) is 0 Å². The number of alkyl halides is 2. The number of rotatable bonds is 2. The zero-order valence-electron chi connectivity index (χ0n) is 9.52. The Morgan fingerprint density at radius 1 is 1.06 bits per heavy atom. The Labute approximate surface area is 92.9 Å². The van der Waals surface area contributed by atoms with E-state index in [1.807, 2.05) is 20.8 Å². The number of halogens is 3. The Morgan fingerprint density at radius 3 is 2.00 bits per heavy atom. The molecule has 0 atom stereocenters. The second kappa shape index (κ2) is 4.09. The topological polar surface area (TPSA) is 20.2 Å². The predicted octanol–water partition coefficient (Wildman–Crippen LogP) is 3.21. The maximum absolute atomic E-state index is 13.2. The molecule has 0 unspecified atom stereocenters. The molecule has 0 heterocycles. The summed E-state index contributed by atoms with van der Waals surface area (Å²) >= 11 is 0. The summed E-state index contributed by atoms with van der Waals surface area (Å²) in [5.74, 6) is -4.11. The molecule has 1 aromatic carbocycles. The van der Waals surface area contributed by atoms with Crippen LogP contribution in [0.5, 0.6) is 0 Å². The maximum Gasteiger partial charge on any atom is 0.295 e. The highest BCUT2D eigenvalue weighted by Gasteiger charge is 2.32. The Balaban J connectivity index is 3.29. The molecule has 0 bridgehead atoms. The molecule has 0 saturated heterocycles. The van der Waals surface area contributed by atoms with E-state index in [9.17, 15) is 13.2 Å². The number of benzene rings is 1. The highest BCUT2D eigenvalue weighted by atomic mass is 19.3. The molecule has 0 aliphatic heterocycles. The second-order valence-electron chi connectivity index (χ2n) is 4.84. The molecule has 0 aliphatic carbocycles. The fourth-order valence-corrected chi connectivity index (χ4v) is 1.33. The number of hydrogen-bond acceptors (Lipinski definition) is 1. The lowest BCUT2D eigenvalue weighted by atomic mass is 9.85. The zero-order valence-corrected chi connectivity index (χ0v) is 9.52. The van der Waals surface area contributed by atoms with E-state index in [2.05, 4.69) is 0 Å². The van der Waals surface area contributed by atoms with Crippen LogP contribution in [-0.2, 0) is 11.3 Å². The van der Waals surface area contributed by atoms with Gasteiger partial charge in [0.15, 0.2) is 0 Å². The normalized spacial score (nSPS) is 12.9. The molecule has 1 aromatic rings. The molecule has 0 amide bonds. The third kappa shape index (κ3) is 2.76. The number of hydrogen-bond donors (Lipinski definition) is 1. The molecule has 0 fully saturated rings. The summed E-state index contributed by atoms with van der Waals surface area (Å²) in [6, 6.07) is 3.22. The van der Waals surface area contributed by atoms with Crippen LogP contribution in [0.25, 0.3) is 0 Å². The van der Waals surface area contributed by atoms with Crippen molar-refractivity contribution in [3.63, 3.8) is 0 Å². The van der Waals surface area contributed by atoms with Gasteiger partial charge in [0.2, 0.25) is 0 Å². The monoisotopic (exact) mass is 232 g/mol. The van der Waals surface area contributed by atoms with Gasteiger partial charge in [-0.2, -0.15) is 8.78 Å². The van der Waals surface area contributed by atoms with E-state index in [1.165, 1.54) is 12.1 Å². The minimum Gasteiger partial charge on any atom is -0.390 e. The van der Waals surface area contributed by atoms with Crippen LogP contribution < -0.4 is 0 Å². The van der Waals surface area contributed by atoms with E-state index in [4.69, 9.17) is 5.11 Å². The average Bonchev–Trinajstić information content (AvgIpc) is 2.15. The molecule has 0 aliphatic rings. The largest absolute Gasteiger partial charge is 0.390 e. The second-order valence-corrected chi connectivity index (χ2v) is 4.84. The third-order valence-corrected chi connectivity index (χ3v) is 2.38. The molecule has 90 valence electrons. The van der Waals surface area contributed by atoms with E-state index < -0.39 is 29.3 Å². The van der Waals surface area contributed by atoms with Crippen LogP contribution in [0.2, 0.25) is 0 Å². The average molecular weight is 232 g/mol. The van der Waals surface area contributed by atoms with Gasteiger partial charge in [0.1, 0.15) is 12.4 Å². The first kappa shape index (κ1) is 13.0. The van der Waals surface area contributed by atoms with Crippen molar-refractivity contribution in [1.29, 1.82) is 0 Å². The van der Waals surface area contributed by atoms with Gasteiger partial charge >= 0.3 is 0 Å². The fourth-order valence-electron chi connectivity index (χ4n) is 1.33. The van der Waals surface area contributed by atoms with Gasteiger partial charge in [-0.05, 0) is 29.2 Å². The van der Waals surface area contributed by atoms with Crippen molar-refractivity contribution < 1.29 is 18.3 Å². The maximum atomic E-state index is 13.2. The summed E-state index contributed by atoms with van der Waals surface area (Å²) in [5.41, 5.74) is -0.418. The molecule has 4 heteroatoms. The lowest BCUT2D eigenvalue weighted by molar-refractivity contribution is -0.0559. The van der Waals surface area contributed by atoms with Gasteiger partial charge in [-0.15, -0.1) is 0 Å². The summed E-state index contributed by atoms with van der Waals surface area (Å²) in [6.45, 7) is 4.11. The standard InChI is InChI=1S/C12H15F3O/c1-11(2,3)8-4-9(6-10(13)5-8)12(14,15)7-16/h4-6,16H,7H2,1-3H3. The minimum absolute atomic E-state index is 0.414. The molecular formula is C12H15F3O. The van der Waals surface area contributed by atoms with Crippen LogP contribution in [0, 0.1) is 5.82 Å². The van der Waals surface area contributed by atoms with Gasteiger partial charge in [0.25, 0.3) is 5.92 Å². The highest BCUT2D eigenvalue weighted by Crippen LogP contribution is 2.32. The molecule has 0 saturated carbocycles. The molecule has 0 aromatic heterocycles. The quantitative estimate of drug-likeness (QED) is 0.830. The van der Waals surface area contributed by atoms with Gasteiger partial charge in [-0.1, -0.05) is 20.8 Å². The van der Waals surface area contributed by atoms with Crippen molar-refractivity contribution in [2.75, 3.05) is 6.61 Å². The van der Waals surface area contributed by atoms with E-state index in [-0.39, 0.29) is 0 Å². The van der Waals surface area contributed by atoms with E-state index in [0.717, 1.165) is 6.07 Å². The van der Waals surface area contributed by atoms with Crippen LogP contribution >= 0.6 is 0 Å². The first-order chi connectivity index (χ1) is 7.16. The van der Waals surface area contributed by atoms with E-state index in [1.54, 1.807) is 0 Å². The fraction of sp³-hybridized carbons (Fsp3) is 0.500. The van der Waals surface area contributed by atoms with Crippen LogP contribution in [0.1, 0.15) is 31.9 Å². The van der Waals surface area contributed by atoms with E-state index >= 15 is 0 Å². The van der Waals surface area contributed by atoms with Crippen molar-refractivity contribution >= 4 is 0 Å². The van der Waals surface area contributed by atoms with Crippen molar-refractivity contribution in [1.82, 2.24) is 0 Å². The Bertz CT molecular complexity index is 380. The van der Waals surface area contributed by atoms with Crippen LogP contribution in [-0.4, -0.2) is 11.7 Å². The lowest BCUT2D eigenvalue weighted by Gasteiger charge is -2.22. The summed E-state index contributed by atoms with van der Waals surface area (Å²) in [4.78, 5) is 0. The van der Waals surface area contributed by atoms with Crippen molar-refractivity contribution in [3.8, 4) is 0 Å². The van der Waals surface area contributed by atoms with Gasteiger partial charge in [0.05, 0.1) is 0 Å². The first-order valence-electron chi connectivity index (χ1n) is 4.97. The third-order valence-electron chi connectivity index (χ3n) is 2.38. The number of aliphatic hydroxyl groups excluding tert-OH is 1. The Kier molecular flexibility index (Phi) is 3.33. The molecule has 1 N–H and O–H groups in total. The van der Waals surface area contributed by atoms with Gasteiger partial charge in [0, 0.05) is 5.56 Å². The minimum atomic E-state index is -3.40. The van der Waals surface area contributed by atoms with Crippen molar-refractivity contribution in [3.05, 3.63) is 35.1 Å². The highest BCUT2D eigenvalue weighted by molar-refractivity contribution is 5.32. The summed E-state index contributed by atoms with van der Waals surface area (Å²) in [5, 5.41) is 8.56. The first-order valence-corrected chi connectivity index (χ1v) is 4.97. The molecule has 1 rings (SSSR count). The van der Waals surface area contributed by atoms with Crippen LogP contribution in [0.4, 0.5) is 13.2 Å². The molecule has 0 spiro atoms. The smallest absolute Gasteiger partial charge is 0.295 e. The molecule has 0 radical (unpaired) electrons. The molecule has 16 heavy (non-hydrogen) atoms. The van der Waals surface area contributed by atoms with Gasteiger partial charge in [-0.25, -0.2) is 4.39 Å². The summed E-state index contributed by atoms with van der Waals surface area (Å²) in [6.07, 6.45) is 0. The predicted molar refractivity (Wildman–Crippen MR) is 56.1 cm³/mol. The number of aliphatic hydroxyl groups is 1. The molecular weight excluding hydrogens is 217 g/mol. The van der Waals surface area contributed by atoms with Crippen molar-refractivity contribution in [2.24, 2.45) is 0 Å². The Morgan fingerprint density at radius 2 is 1.56 bits per heavy atom. The molecule has 1 nitrogen and oxygen atoms in total. The zero-order chi connectivity index (χ0) is 12.6. The van der Waals surface area contributed by atoms with Gasteiger partial charge < -0.3 is 5.11 Å². The van der Waals surface area contributed by atoms with Crippen LogP contribution in [0.15, 0.2) is 18.2 Å². The Hall–Kier alpha value is -1.03.